The highest BCUT2D eigenvalue weighted by atomic mass is 16.6. The lowest BCUT2D eigenvalue weighted by Gasteiger charge is -2.42. The van der Waals surface area contributed by atoms with E-state index in [0.29, 0.717) is 19.3 Å². The van der Waals surface area contributed by atoms with E-state index in [4.69, 9.17) is 14.2 Å². The molecule has 0 atom stereocenters. The number of ketones is 1. The van der Waals surface area contributed by atoms with Gasteiger partial charge in [0.2, 0.25) is 0 Å². The standard InChI is InChI=1S/C12H22N2O3.C9H18N2O2.C3H4O2/c1-12(2,3)17-11(15)14-6-4-13(5-7-14)10-8-16-9-10;1-9(2,3)13-8(12)11-6-4-10-5-7-11;4-3-1-5-2-3/h10H,4-9H2,1-3H3;10H,4-7H2,1-3H3;1-2H2. The van der Waals surface area contributed by atoms with Crippen molar-refractivity contribution in [1.82, 2.24) is 20.0 Å². The minimum atomic E-state index is -0.407. The summed E-state index contributed by atoms with van der Waals surface area (Å²) in [4.78, 5) is 39.0. The maximum Gasteiger partial charge on any atom is 0.410 e. The van der Waals surface area contributed by atoms with Crippen LogP contribution in [0.4, 0.5) is 9.59 Å². The Balaban J connectivity index is 0.000000211. The first kappa shape index (κ1) is 29.3. The molecule has 0 spiro atoms. The van der Waals surface area contributed by atoms with Gasteiger partial charge < -0.3 is 34.1 Å². The fraction of sp³-hybridized carbons (Fsp3) is 0.875. The van der Waals surface area contributed by atoms with Gasteiger partial charge >= 0.3 is 12.2 Å². The first-order valence-corrected chi connectivity index (χ1v) is 12.4. The van der Waals surface area contributed by atoms with E-state index < -0.39 is 5.60 Å². The second-order valence-electron chi connectivity index (χ2n) is 10.9. The monoisotopic (exact) mass is 500 g/mol. The number of hydrogen-bond acceptors (Lipinski definition) is 9. The molecule has 4 saturated heterocycles. The van der Waals surface area contributed by atoms with Crippen LogP contribution < -0.4 is 5.32 Å². The molecular formula is C24H44N4O7. The molecule has 4 fully saturated rings. The van der Waals surface area contributed by atoms with E-state index in [1.165, 1.54) is 0 Å². The Hall–Kier alpha value is -1.95. The quantitative estimate of drug-likeness (QED) is 0.570. The van der Waals surface area contributed by atoms with Crippen molar-refractivity contribution in [3.63, 3.8) is 0 Å². The average molecular weight is 501 g/mol. The highest BCUT2D eigenvalue weighted by Gasteiger charge is 2.31. The summed E-state index contributed by atoms with van der Waals surface area (Å²) in [7, 11) is 0. The topological polar surface area (TPSA) is 110 Å². The molecule has 11 nitrogen and oxygen atoms in total. The molecule has 2 amide bonds. The number of rotatable bonds is 1. The average Bonchev–Trinajstić information content (AvgIpc) is 2.71. The van der Waals surface area contributed by atoms with Crippen molar-refractivity contribution >= 4 is 18.0 Å². The molecule has 0 aromatic carbocycles. The number of nitrogens with one attached hydrogen (secondary N) is 1. The number of piperazine rings is 2. The molecule has 0 radical (unpaired) electrons. The Morgan fingerprint density at radius 2 is 1.20 bits per heavy atom. The first-order valence-electron chi connectivity index (χ1n) is 12.4. The van der Waals surface area contributed by atoms with Gasteiger partial charge in [-0.05, 0) is 41.5 Å². The van der Waals surface area contributed by atoms with Gasteiger partial charge in [-0.25, -0.2) is 9.59 Å². The minimum absolute atomic E-state index is 0.193. The predicted molar refractivity (Wildman–Crippen MR) is 130 cm³/mol. The third kappa shape index (κ3) is 11.6. The molecule has 4 aliphatic heterocycles. The van der Waals surface area contributed by atoms with Crippen molar-refractivity contribution in [3.05, 3.63) is 0 Å². The van der Waals surface area contributed by atoms with Crippen molar-refractivity contribution in [1.29, 1.82) is 0 Å². The highest BCUT2D eigenvalue weighted by molar-refractivity contribution is 5.84. The van der Waals surface area contributed by atoms with Gasteiger partial charge in [-0.15, -0.1) is 0 Å². The molecule has 0 saturated carbocycles. The van der Waals surface area contributed by atoms with Gasteiger partial charge in [0.25, 0.3) is 0 Å². The highest BCUT2D eigenvalue weighted by Crippen LogP contribution is 2.16. The van der Waals surface area contributed by atoms with E-state index in [0.717, 1.165) is 65.6 Å². The minimum Gasteiger partial charge on any atom is -0.444 e. The molecule has 35 heavy (non-hydrogen) atoms. The summed E-state index contributed by atoms with van der Waals surface area (Å²) < 4.78 is 20.3. The maximum absolute atomic E-state index is 11.8. The Morgan fingerprint density at radius 3 is 1.51 bits per heavy atom. The number of carbonyl (C=O) groups is 3. The molecule has 11 heteroatoms. The molecule has 0 unspecified atom stereocenters. The molecule has 4 rings (SSSR count). The number of amides is 2. The van der Waals surface area contributed by atoms with Gasteiger partial charge in [0.1, 0.15) is 24.4 Å². The van der Waals surface area contributed by atoms with Crippen LogP contribution in [0.2, 0.25) is 0 Å². The van der Waals surface area contributed by atoms with Crippen molar-refractivity contribution in [2.45, 2.75) is 58.8 Å². The molecule has 4 heterocycles. The fourth-order valence-corrected chi connectivity index (χ4v) is 3.39. The zero-order valence-electron chi connectivity index (χ0n) is 22.3. The summed E-state index contributed by atoms with van der Waals surface area (Å²) >= 11 is 0. The summed E-state index contributed by atoms with van der Waals surface area (Å²) in [6.07, 6.45) is -0.393. The summed E-state index contributed by atoms with van der Waals surface area (Å²) in [6, 6.07) is 0.566. The normalized spacial score (nSPS) is 21.4. The van der Waals surface area contributed by atoms with Gasteiger partial charge in [0, 0.05) is 52.4 Å². The van der Waals surface area contributed by atoms with E-state index >= 15 is 0 Å². The number of nitrogens with zero attached hydrogens (tertiary/aromatic N) is 3. The van der Waals surface area contributed by atoms with Crippen molar-refractivity contribution in [3.8, 4) is 0 Å². The SMILES string of the molecule is CC(C)(C)OC(=O)N1CCN(C2COC2)CC1.CC(C)(C)OC(=O)N1CCNCC1.O=C1COC1. The predicted octanol–water partition coefficient (Wildman–Crippen LogP) is 1.35. The molecule has 202 valence electrons. The number of hydrogen-bond donors (Lipinski definition) is 1. The maximum atomic E-state index is 11.8. The lowest BCUT2D eigenvalue weighted by molar-refractivity contribution is -0.140. The molecule has 0 aliphatic carbocycles. The lowest BCUT2D eigenvalue weighted by atomic mass is 10.2. The van der Waals surface area contributed by atoms with Crippen LogP contribution in [0, 0.1) is 0 Å². The van der Waals surface area contributed by atoms with Crippen molar-refractivity contribution in [2.24, 2.45) is 0 Å². The Labute approximate surface area is 209 Å². The summed E-state index contributed by atoms with van der Waals surface area (Å²) in [5.41, 5.74) is -0.794. The van der Waals surface area contributed by atoms with Gasteiger partial charge in [0.15, 0.2) is 5.78 Å². The zero-order chi connectivity index (χ0) is 26.1. The zero-order valence-corrected chi connectivity index (χ0v) is 22.3. The molecular weight excluding hydrogens is 456 g/mol. The third-order valence-electron chi connectivity index (χ3n) is 5.40. The number of carbonyl (C=O) groups excluding carboxylic acids is 3. The molecule has 0 aromatic rings. The van der Waals surface area contributed by atoms with E-state index in [2.05, 4.69) is 15.0 Å². The van der Waals surface area contributed by atoms with Gasteiger partial charge in [0.05, 0.1) is 19.3 Å². The summed E-state index contributed by atoms with van der Waals surface area (Å²) in [5, 5.41) is 3.18. The van der Waals surface area contributed by atoms with E-state index in [1.807, 2.05) is 41.5 Å². The van der Waals surface area contributed by atoms with Crippen LogP contribution in [0.25, 0.3) is 0 Å². The van der Waals surface area contributed by atoms with Crippen LogP contribution in [-0.2, 0) is 23.7 Å². The van der Waals surface area contributed by atoms with Crippen molar-refractivity contribution in [2.75, 3.05) is 78.8 Å². The number of Topliss-reactive ketones (excluding diaryl/α,β-unsaturated/α-hetero) is 1. The van der Waals surface area contributed by atoms with Gasteiger partial charge in [-0.1, -0.05) is 0 Å². The van der Waals surface area contributed by atoms with E-state index in [9.17, 15) is 14.4 Å². The van der Waals surface area contributed by atoms with Crippen LogP contribution in [-0.4, -0.2) is 129 Å². The second kappa shape index (κ2) is 13.4. The van der Waals surface area contributed by atoms with Crippen LogP contribution >= 0.6 is 0 Å². The van der Waals surface area contributed by atoms with Gasteiger partial charge in [-0.2, -0.15) is 0 Å². The summed E-state index contributed by atoms with van der Waals surface area (Å²) in [6.45, 7) is 20.3. The van der Waals surface area contributed by atoms with Crippen molar-refractivity contribution < 1.29 is 33.3 Å². The first-order chi connectivity index (χ1) is 16.3. The van der Waals surface area contributed by atoms with E-state index in [1.54, 1.807) is 9.80 Å². The van der Waals surface area contributed by atoms with Crippen LogP contribution in [0.15, 0.2) is 0 Å². The van der Waals surface area contributed by atoms with Crippen LogP contribution in [0.1, 0.15) is 41.5 Å². The smallest absolute Gasteiger partial charge is 0.410 e. The second-order valence-corrected chi connectivity index (χ2v) is 10.9. The Bertz CT molecular complexity index is 681. The lowest BCUT2D eigenvalue weighted by Crippen LogP contribution is -2.57. The Morgan fingerprint density at radius 1 is 0.771 bits per heavy atom. The van der Waals surface area contributed by atoms with Gasteiger partial charge in [-0.3, -0.25) is 9.69 Å². The summed E-state index contributed by atoms with van der Waals surface area (Å²) in [5.74, 6) is 0.213. The van der Waals surface area contributed by atoms with Crippen LogP contribution in [0.3, 0.4) is 0 Å². The number of ether oxygens (including phenoxy) is 4. The molecule has 1 N–H and O–H groups in total. The molecule has 4 aliphatic rings. The third-order valence-corrected chi connectivity index (χ3v) is 5.40. The molecule has 0 aromatic heterocycles. The van der Waals surface area contributed by atoms with Crippen LogP contribution in [0.5, 0.6) is 0 Å². The Kier molecular flexibility index (Phi) is 11.2. The largest absolute Gasteiger partial charge is 0.444 e. The van der Waals surface area contributed by atoms with E-state index in [-0.39, 0.29) is 23.6 Å². The fourth-order valence-electron chi connectivity index (χ4n) is 3.39. The molecule has 0 bridgehead atoms.